The van der Waals surface area contributed by atoms with Crippen molar-refractivity contribution >= 4 is 15.6 Å². The van der Waals surface area contributed by atoms with Gasteiger partial charge >= 0.3 is 0 Å². The molecule has 0 aliphatic carbocycles. The average Bonchev–Trinajstić information content (AvgIpc) is 2.40. The van der Waals surface area contributed by atoms with E-state index >= 15 is 0 Å². The number of benzene rings is 2. The van der Waals surface area contributed by atoms with E-state index in [1.165, 1.54) is 13.8 Å². The molecule has 2 aromatic rings. The second-order valence-electron chi connectivity index (χ2n) is 4.04. The predicted octanol–water partition coefficient (Wildman–Crippen LogP) is 3.11. The number of sulfone groups is 1. The lowest BCUT2D eigenvalue weighted by Crippen LogP contribution is -2.00. The SMILES string of the molecule is CC(C)=O.O=S(=O)(c1ccccc1)c1ccccc1. The standard InChI is InChI=1S/C12H10O2S.C3H6O/c13-15(14,11-7-3-1-4-8-11)12-9-5-2-6-10-12;1-3(2)4/h1-10H;1-2H3. The molecule has 0 aliphatic heterocycles. The van der Waals surface area contributed by atoms with Crippen LogP contribution >= 0.6 is 0 Å². The van der Waals surface area contributed by atoms with Crippen molar-refractivity contribution in [1.29, 1.82) is 0 Å². The molecule has 19 heavy (non-hydrogen) atoms. The number of carbonyl (C=O) groups is 1. The highest BCUT2D eigenvalue weighted by Gasteiger charge is 2.15. The first-order chi connectivity index (χ1) is 8.94. The average molecular weight is 276 g/mol. The Morgan fingerprint density at radius 3 is 1.26 bits per heavy atom. The van der Waals surface area contributed by atoms with Crippen molar-refractivity contribution in [2.75, 3.05) is 0 Å². The Hall–Kier alpha value is -1.94. The van der Waals surface area contributed by atoms with Gasteiger partial charge in [-0.1, -0.05) is 36.4 Å². The van der Waals surface area contributed by atoms with Gasteiger partial charge in [0.05, 0.1) is 9.79 Å². The van der Waals surface area contributed by atoms with Crippen molar-refractivity contribution < 1.29 is 13.2 Å². The largest absolute Gasteiger partial charge is 0.300 e. The Morgan fingerprint density at radius 2 is 1.00 bits per heavy atom. The molecule has 2 aromatic carbocycles. The van der Waals surface area contributed by atoms with E-state index in [0.717, 1.165) is 0 Å². The molecule has 3 nitrogen and oxygen atoms in total. The molecule has 0 N–H and O–H groups in total. The summed E-state index contributed by atoms with van der Waals surface area (Å²) >= 11 is 0. The maximum atomic E-state index is 12.0. The van der Waals surface area contributed by atoms with Crippen LogP contribution in [0.1, 0.15) is 13.8 Å². The molecule has 0 saturated carbocycles. The summed E-state index contributed by atoms with van der Waals surface area (Å²) in [4.78, 5) is 10.1. The highest BCUT2D eigenvalue weighted by Crippen LogP contribution is 2.19. The summed E-state index contributed by atoms with van der Waals surface area (Å²) in [5.41, 5.74) is 0. The van der Waals surface area contributed by atoms with E-state index in [0.29, 0.717) is 9.79 Å². The fourth-order valence-electron chi connectivity index (χ4n) is 1.34. The second-order valence-corrected chi connectivity index (χ2v) is 5.99. The molecule has 0 saturated heterocycles. The van der Waals surface area contributed by atoms with E-state index in [9.17, 15) is 13.2 Å². The first-order valence-corrected chi connectivity index (χ1v) is 7.25. The van der Waals surface area contributed by atoms with Crippen molar-refractivity contribution in [2.24, 2.45) is 0 Å². The Kier molecular flexibility index (Phi) is 5.45. The van der Waals surface area contributed by atoms with Gasteiger partial charge in [-0.3, -0.25) is 0 Å². The summed E-state index contributed by atoms with van der Waals surface area (Å²) in [6.45, 7) is 3.06. The van der Waals surface area contributed by atoms with Gasteiger partial charge in [0, 0.05) is 0 Å². The lowest BCUT2D eigenvalue weighted by molar-refractivity contribution is -0.114. The van der Waals surface area contributed by atoms with Crippen molar-refractivity contribution in [2.45, 2.75) is 23.6 Å². The van der Waals surface area contributed by atoms with Crippen LogP contribution in [-0.2, 0) is 14.6 Å². The van der Waals surface area contributed by atoms with Crippen molar-refractivity contribution in [3.8, 4) is 0 Å². The maximum Gasteiger partial charge on any atom is 0.206 e. The molecule has 0 spiro atoms. The molecule has 0 aromatic heterocycles. The minimum absolute atomic E-state index is 0.167. The van der Waals surface area contributed by atoms with Crippen LogP contribution in [0.2, 0.25) is 0 Å². The van der Waals surface area contributed by atoms with E-state index in [-0.39, 0.29) is 5.78 Å². The molecule has 0 bridgehead atoms. The number of rotatable bonds is 2. The molecule has 0 aliphatic rings. The van der Waals surface area contributed by atoms with E-state index < -0.39 is 9.84 Å². The normalized spacial score (nSPS) is 10.2. The van der Waals surface area contributed by atoms with Gasteiger partial charge in [-0.15, -0.1) is 0 Å². The molecule has 2 rings (SSSR count). The Bertz CT molecular complexity index is 567. The van der Waals surface area contributed by atoms with Gasteiger partial charge in [0.2, 0.25) is 9.84 Å². The Labute approximate surface area is 113 Å². The monoisotopic (exact) mass is 276 g/mol. The summed E-state index contributed by atoms with van der Waals surface area (Å²) in [5.74, 6) is 0.167. The first kappa shape index (κ1) is 15.1. The molecule has 0 unspecified atom stereocenters. The molecule has 0 heterocycles. The van der Waals surface area contributed by atoms with Gasteiger partial charge in [0.15, 0.2) is 0 Å². The van der Waals surface area contributed by atoms with Crippen LogP contribution in [0.15, 0.2) is 70.5 Å². The number of ketones is 1. The first-order valence-electron chi connectivity index (χ1n) is 5.77. The van der Waals surface area contributed by atoms with Crippen LogP contribution in [0, 0.1) is 0 Å². The molecular formula is C15H16O3S. The van der Waals surface area contributed by atoms with Crippen molar-refractivity contribution in [3.05, 3.63) is 60.7 Å². The Morgan fingerprint density at radius 1 is 0.737 bits per heavy atom. The Balaban J connectivity index is 0.000000399. The molecule has 0 fully saturated rings. The number of hydrogen-bond donors (Lipinski definition) is 0. The zero-order valence-electron chi connectivity index (χ0n) is 10.9. The second kappa shape index (κ2) is 6.85. The maximum absolute atomic E-state index is 12.0. The summed E-state index contributed by atoms with van der Waals surface area (Å²) in [7, 11) is -3.34. The molecule has 0 atom stereocenters. The summed E-state index contributed by atoms with van der Waals surface area (Å²) in [6, 6.07) is 16.9. The van der Waals surface area contributed by atoms with E-state index in [4.69, 9.17) is 0 Å². The van der Waals surface area contributed by atoms with Gasteiger partial charge in [0.1, 0.15) is 5.78 Å². The van der Waals surface area contributed by atoms with E-state index in [1.807, 2.05) is 0 Å². The fraction of sp³-hybridized carbons (Fsp3) is 0.133. The zero-order chi connectivity index (χ0) is 14.3. The molecular weight excluding hydrogens is 260 g/mol. The lowest BCUT2D eigenvalue weighted by atomic mass is 10.4. The van der Waals surface area contributed by atoms with Crippen LogP contribution in [0.5, 0.6) is 0 Å². The smallest absolute Gasteiger partial charge is 0.206 e. The van der Waals surface area contributed by atoms with Gasteiger partial charge < -0.3 is 4.79 Å². The third kappa shape index (κ3) is 4.67. The van der Waals surface area contributed by atoms with Crippen LogP contribution in [0.4, 0.5) is 0 Å². The lowest BCUT2D eigenvalue weighted by Gasteiger charge is -2.03. The topological polar surface area (TPSA) is 51.2 Å². The van der Waals surface area contributed by atoms with Crippen LogP contribution < -0.4 is 0 Å². The fourth-order valence-corrected chi connectivity index (χ4v) is 2.64. The summed E-state index contributed by atoms with van der Waals surface area (Å²) in [5, 5.41) is 0. The predicted molar refractivity (Wildman–Crippen MR) is 74.7 cm³/mol. The van der Waals surface area contributed by atoms with Crippen molar-refractivity contribution in [3.63, 3.8) is 0 Å². The minimum atomic E-state index is -3.34. The number of hydrogen-bond acceptors (Lipinski definition) is 3. The van der Waals surface area contributed by atoms with Gasteiger partial charge in [0.25, 0.3) is 0 Å². The number of carbonyl (C=O) groups excluding carboxylic acids is 1. The highest BCUT2D eigenvalue weighted by molar-refractivity contribution is 7.91. The van der Waals surface area contributed by atoms with E-state index in [1.54, 1.807) is 60.7 Å². The van der Waals surface area contributed by atoms with Crippen molar-refractivity contribution in [1.82, 2.24) is 0 Å². The van der Waals surface area contributed by atoms with Gasteiger partial charge in [-0.05, 0) is 38.1 Å². The van der Waals surface area contributed by atoms with Gasteiger partial charge in [-0.2, -0.15) is 0 Å². The zero-order valence-corrected chi connectivity index (χ0v) is 11.7. The third-order valence-corrected chi connectivity index (χ3v) is 3.89. The molecule has 0 amide bonds. The minimum Gasteiger partial charge on any atom is -0.300 e. The molecule has 0 radical (unpaired) electrons. The summed E-state index contributed by atoms with van der Waals surface area (Å²) in [6.07, 6.45) is 0. The van der Waals surface area contributed by atoms with Crippen LogP contribution in [0.25, 0.3) is 0 Å². The van der Waals surface area contributed by atoms with Crippen LogP contribution in [0.3, 0.4) is 0 Å². The van der Waals surface area contributed by atoms with E-state index in [2.05, 4.69) is 0 Å². The molecule has 100 valence electrons. The van der Waals surface area contributed by atoms with Gasteiger partial charge in [-0.25, -0.2) is 8.42 Å². The highest BCUT2D eigenvalue weighted by atomic mass is 32.2. The number of Topliss-reactive ketones (excluding diaryl/α,β-unsaturated/α-hetero) is 1. The third-order valence-electron chi connectivity index (χ3n) is 2.11. The van der Waals surface area contributed by atoms with Crippen LogP contribution in [-0.4, -0.2) is 14.2 Å². The summed E-state index contributed by atoms with van der Waals surface area (Å²) < 4.78 is 24.1. The quantitative estimate of drug-likeness (QED) is 0.846. The molecule has 4 heteroatoms.